The van der Waals surface area contributed by atoms with Gasteiger partial charge in [0.15, 0.2) is 6.10 Å². The predicted molar refractivity (Wildman–Crippen MR) is 116 cm³/mol. The molecule has 0 saturated carbocycles. The van der Waals surface area contributed by atoms with Crippen LogP contribution in [0.25, 0.3) is 0 Å². The lowest BCUT2D eigenvalue weighted by atomic mass is 10.1. The third-order valence-corrected chi connectivity index (χ3v) is 4.33. The van der Waals surface area contributed by atoms with Crippen LogP contribution in [0.3, 0.4) is 0 Å². The quantitative estimate of drug-likeness (QED) is 0.567. The lowest BCUT2D eigenvalue weighted by Gasteiger charge is -2.12. The van der Waals surface area contributed by atoms with Crippen molar-refractivity contribution in [2.45, 2.75) is 26.4 Å². The Bertz CT molecular complexity index is 904. The molecule has 0 radical (unpaired) electrons. The predicted octanol–water partition coefficient (Wildman–Crippen LogP) is 5.40. The van der Waals surface area contributed by atoms with Crippen LogP contribution in [-0.4, -0.2) is 30.4 Å². The second-order valence-corrected chi connectivity index (χ2v) is 7.11. The van der Waals surface area contributed by atoms with E-state index in [1.165, 1.54) is 0 Å². The fourth-order valence-electron chi connectivity index (χ4n) is 2.47. The first-order chi connectivity index (χ1) is 13.9. The molecule has 0 aliphatic rings. The van der Waals surface area contributed by atoms with Gasteiger partial charge in [-0.15, -0.1) is 0 Å². The summed E-state index contributed by atoms with van der Waals surface area (Å²) >= 11 is 11.9. The molecule has 0 saturated heterocycles. The van der Waals surface area contributed by atoms with Crippen LogP contribution in [0.4, 0.5) is 0 Å². The molecule has 6 heteroatoms. The molecule has 0 fully saturated rings. The van der Waals surface area contributed by atoms with Crippen molar-refractivity contribution >= 4 is 29.2 Å². The Kier molecular flexibility index (Phi) is 9.08. The first-order valence-corrected chi connectivity index (χ1v) is 9.84. The molecule has 1 unspecified atom stereocenters. The van der Waals surface area contributed by atoms with Gasteiger partial charge in [-0.05, 0) is 61.4 Å². The summed E-state index contributed by atoms with van der Waals surface area (Å²) in [5.41, 5.74) is 2.48. The SMILES string of the molecule is CCOC(Cc1ccc(OC/C=C(\C)C#Cc2cc(Cl)cc(Cl)c2)cc1)C(=O)O. The number of carboxylic acids is 1. The van der Waals surface area contributed by atoms with E-state index in [9.17, 15) is 4.79 Å². The number of hydrogen-bond donors (Lipinski definition) is 1. The van der Waals surface area contributed by atoms with Crippen molar-refractivity contribution in [3.63, 3.8) is 0 Å². The van der Waals surface area contributed by atoms with E-state index >= 15 is 0 Å². The highest BCUT2D eigenvalue weighted by Gasteiger charge is 2.17. The van der Waals surface area contributed by atoms with Crippen molar-refractivity contribution in [3.8, 4) is 17.6 Å². The largest absolute Gasteiger partial charge is 0.490 e. The highest BCUT2D eigenvalue weighted by Crippen LogP contribution is 2.18. The van der Waals surface area contributed by atoms with Gasteiger partial charge in [0.2, 0.25) is 0 Å². The Hall–Kier alpha value is -2.45. The Balaban J connectivity index is 1.89. The van der Waals surface area contributed by atoms with E-state index in [1.54, 1.807) is 25.1 Å². The molecule has 2 aromatic carbocycles. The number of carboxylic acid groups (broad SMARTS) is 1. The molecule has 0 aliphatic heterocycles. The molecule has 0 bridgehead atoms. The molecule has 0 aliphatic carbocycles. The average Bonchev–Trinajstić information content (AvgIpc) is 2.66. The van der Waals surface area contributed by atoms with Crippen LogP contribution in [0.5, 0.6) is 5.75 Å². The molecule has 29 heavy (non-hydrogen) atoms. The van der Waals surface area contributed by atoms with E-state index in [2.05, 4.69) is 11.8 Å². The summed E-state index contributed by atoms with van der Waals surface area (Å²) in [5, 5.41) is 10.2. The Morgan fingerprint density at radius 2 is 1.83 bits per heavy atom. The van der Waals surface area contributed by atoms with E-state index < -0.39 is 12.1 Å². The van der Waals surface area contributed by atoms with E-state index in [1.807, 2.05) is 37.3 Å². The molecule has 1 N–H and O–H groups in total. The Morgan fingerprint density at radius 3 is 2.41 bits per heavy atom. The van der Waals surface area contributed by atoms with Gasteiger partial charge >= 0.3 is 5.97 Å². The smallest absolute Gasteiger partial charge is 0.333 e. The van der Waals surface area contributed by atoms with Crippen LogP contribution in [0.2, 0.25) is 10.0 Å². The van der Waals surface area contributed by atoms with Crippen molar-refractivity contribution in [1.29, 1.82) is 0 Å². The van der Waals surface area contributed by atoms with Crippen LogP contribution < -0.4 is 4.74 Å². The number of halogens is 2. The van der Waals surface area contributed by atoms with Crippen molar-refractivity contribution in [2.24, 2.45) is 0 Å². The van der Waals surface area contributed by atoms with Gasteiger partial charge in [0, 0.05) is 28.6 Å². The number of benzene rings is 2. The molecular formula is C23H22Cl2O4. The van der Waals surface area contributed by atoms with Crippen LogP contribution in [-0.2, 0) is 16.0 Å². The number of ether oxygens (including phenoxy) is 2. The number of carbonyl (C=O) groups is 1. The summed E-state index contributed by atoms with van der Waals surface area (Å²) in [7, 11) is 0. The Labute approximate surface area is 181 Å². The molecule has 1 atom stereocenters. The molecule has 0 aromatic heterocycles. The van der Waals surface area contributed by atoms with Gasteiger partial charge in [-0.25, -0.2) is 4.79 Å². The van der Waals surface area contributed by atoms with Crippen LogP contribution >= 0.6 is 23.2 Å². The van der Waals surface area contributed by atoms with Crippen LogP contribution in [0, 0.1) is 11.8 Å². The monoisotopic (exact) mass is 432 g/mol. The third kappa shape index (κ3) is 8.21. The zero-order chi connectivity index (χ0) is 21.2. The summed E-state index contributed by atoms with van der Waals surface area (Å²) in [6.07, 6.45) is 1.35. The van der Waals surface area contributed by atoms with Crippen LogP contribution in [0.15, 0.2) is 54.1 Å². The van der Waals surface area contributed by atoms with E-state index in [4.69, 9.17) is 37.8 Å². The highest BCUT2D eigenvalue weighted by molar-refractivity contribution is 6.34. The lowest BCUT2D eigenvalue weighted by molar-refractivity contribution is -0.149. The summed E-state index contributed by atoms with van der Waals surface area (Å²) in [4.78, 5) is 11.2. The average molecular weight is 433 g/mol. The maximum Gasteiger partial charge on any atom is 0.333 e. The molecule has 0 spiro atoms. The zero-order valence-corrected chi connectivity index (χ0v) is 17.8. The van der Waals surface area contributed by atoms with Gasteiger partial charge in [0.25, 0.3) is 0 Å². The van der Waals surface area contributed by atoms with E-state index in [-0.39, 0.29) is 0 Å². The first kappa shape index (κ1) is 22.8. The second-order valence-electron chi connectivity index (χ2n) is 6.24. The minimum Gasteiger partial charge on any atom is -0.490 e. The van der Waals surface area contributed by atoms with Crippen molar-refractivity contribution in [1.82, 2.24) is 0 Å². The minimum absolute atomic E-state index is 0.311. The standard InChI is InChI=1S/C23H22Cl2O4/c1-3-28-22(23(26)27)14-17-6-8-21(9-7-17)29-11-10-16(2)4-5-18-12-19(24)15-20(25)13-18/h6-10,12-13,15,22H,3,11,14H2,1-2H3,(H,26,27)/b16-10+. The maximum atomic E-state index is 11.2. The fraction of sp³-hybridized carbons (Fsp3) is 0.261. The van der Waals surface area contributed by atoms with Crippen LogP contribution in [0.1, 0.15) is 25.0 Å². The third-order valence-electron chi connectivity index (χ3n) is 3.89. The zero-order valence-electron chi connectivity index (χ0n) is 16.2. The number of aliphatic carboxylic acids is 1. The molecule has 0 amide bonds. The normalized spacial score (nSPS) is 12.1. The summed E-state index contributed by atoms with van der Waals surface area (Å²) in [5.74, 6) is 5.78. The molecule has 152 valence electrons. The molecule has 0 heterocycles. The van der Waals surface area contributed by atoms with Gasteiger partial charge in [-0.1, -0.05) is 47.2 Å². The fourth-order valence-corrected chi connectivity index (χ4v) is 2.99. The number of allylic oxidation sites excluding steroid dienone is 1. The summed E-state index contributed by atoms with van der Waals surface area (Å²) < 4.78 is 10.9. The van der Waals surface area contributed by atoms with E-state index in [0.717, 1.165) is 16.7 Å². The minimum atomic E-state index is -0.964. The van der Waals surface area contributed by atoms with Gasteiger partial charge in [-0.2, -0.15) is 0 Å². The summed E-state index contributed by atoms with van der Waals surface area (Å²) in [6.45, 7) is 4.40. The first-order valence-electron chi connectivity index (χ1n) is 9.08. The van der Waals surface area contributed by atoms with Crippen molar-refractivity contribution < 1.29 is 19.4 Å². The van der Waals surface area contributed by atoms with E-state index in [0.29, 0.717) is 35.4 Å². The van der Waals surface area contributed by atoms with Crippen molar-refractivity contribution in [3.05, 3.63) is 75.3 Å². The van der Waals surface area contributed by atoms with Gasteiger partial charge in [-0.3, -0.25) is 0 Å². The van der Waals surface area contributed by atoms with Gasteiger partial charge in [0.1, 0.15) is 12.4 Å². The number of hydrogen-bond acceptors (Lipinski definition) is 3. The number of rotatable bonds is 8. The molecule has 2 aromatic rings. The topological polar surface area (TPSA) is 55.8 Å². The molecule has 4 nitrogen and oxygen atoms in total. The molecule has 2 rings (SSSR count). The van der Waals surface area contributed by atoms with Gasteiger partial charge < -0.3 is 14.6 Å². The van der Waals surface area contributed by atoms with Crippen molar-refractivity contribution in [2.75, 3.05) is 13.2 Å². The lowest BCUT2D eigenvalue weighted by Crippen LogP contribution is -2.26. The molecular weight excluding hydrogens is 411 g/mol. The van der Waals surface area contributed by atoms with Gasteiger partial charge in [0.05, 0.1) is 0 Å². The maximum absolute atomic E-state index is 11.2. The second kappa shape index (κ2) is 11.5. The summed E-state index contributed by atoms with van der Waals surface area (Å²) in [6, 6.07) is 12.5. The Morgan fingerprint density at radius 1 is 1.17 bits per heavy atom. The highest BCUT2D eigenvalue weighted by atomic mass is 35.5.